The Balaban J connectivity index is 1.79. The number of rotatable bonds is 0. The van der Waals surface area contributed by atoms with Crippen molar-refractivity contribution in [3.63, 3.8) is 0 Å². The Hall–Kier alpha value is -3.38. The lowest BCUT2D eigenvalue weighted by atomic mass is 9.91. The molecule has 0 amide bonds. The largest absolute Gasteiger partial charge is 0.0616 e. The van der Waals surface area contributed by atoms with Crippen LogP contribution in [0.1, 0.15) is 0 Å². The van der Waals surface area contributed by atoms with Crippen LogP contribution in [0.15, 0.2) is 84.9 Å². The second kappa shape index (κ2) is 4.23. The molecule has 26 heavy (non-hydrogen) atoms. The zero-order valence-corrected chi connectivity index (χ0v) is 14.1. The Morgan fingerprint density at radius 1 is 0.308 bits per heavy atom. The first-order valence-corrected chi connectivity index (χ1v) is 9.12. The van der Waals surface area contributed by atoms with Crippen LogP contribution in [-0.2, 0) is 0 Å². The van der Waals surface area contributed by atoms with Gasteiger partial charge in [-0.2, -0.15) is 0 Å². The third kappa shape index (κ3) is 1.39. The molecule has 1 aliphatic rings. The average molecular weight is 326 g/mol. The molecule has 0 atom stereocenters. The van der Waals surface area contributed by atoms with Crippen molar-refractivity contribution in [1.82, 2.24) is 0 Å². The summed E-state index contributed by atoms with van der Waals surface area (Å²) in [5, 5.41) is 10.9. The average Bonchev–Trinajstić information content (AvgIpc) is 3.00. The molecule has 0 saturated carbocycles. The Kier molecular flexibility index (Phi) is 2.10. The van der Waals surface area contributed by atoms with Gasteiger partial charge in [0, 0.05) is 0 Å². The summed E-state index contributed by atoms with van der Waals surface area (Å²) in [6, 6.07) is 31.6. The van der Waals surface area contributed by atoms with Gasteiger partial charge < -0.3 is 0 Å². The standard InChI is InChI=1S/C26H14/c1-2-5-18-13-22-21(12-17(18)4-1)20-11-10-16-9-8-15-6-3-7-19-14-23(22)26(20)25(16)24(15)19/h1-14H. The maximum absolute atomic E-state index is 2.40. The van der Waals surface area contributed by atoms with Crippen LogP contribution in [0.2, 0.25) is 0 Å². The highest BCUT2D eigenvalue weighted by molar-refractivity contribution is 6.32. The minimum Gasteiger partial charge on any atom is -0.0616 e. The van der Waals surface area contributed by atoms with Gasteiger partial charge in [0.15, 0.2) is 0 Å². The van der Waals surface area contributed by atoms with Crippen molar-refractivity contribution in [3.8, 4) is 22.3 Å². The van der Waals surface area contributed by atoms with E-state index in [-0.39, 0.29) is 0 Å². The molecule has 0 unspecified atom stereocenters. The van der Waals surface area contributed by atoms with Crippen molar-refractivity contribution in [1.29, 1.82) is 0 Å². The highest BCUT2D eigenvalue weighted by Gasteiger charge is 2.24. The van der Waals surface area contributed by atoms with Crippen molar-refractivity contribution < 1.29 is 0 Å². The topological polar surface area (TPSA) is 0 Å². The molecule has 0 heterocycles. The second-order valence-corrected chi connectivity index (χ2v) is 7.40. The number of fused-ring (bicyclic) bond motifs is 4. The van der Waals surface area contributed by atoms with Gasteiger partial charge in [0.1, 0.15) is 0 Å². The highest BCUT2D eigenvalue weighted by Crippen LogP contribution is 2.52. The molecular weight excluding hydrogens is 312 g/mol. The van der Waals surface area contributed by atoms with E-state index in [4.69, 9.17) is 0 Å². The van der Waals surface area contributed by atoms with E-state index in [0.29, 0.717) is 0 Å². The Morgan fingerprint density at radius 2 is 0.885 bits per heavy atom. The quantitative estimate of drug-likeness (QED) is 0.255. The predicted molar refractivity (Wildman–Crippen MR) is 112 cm³/mol. The van der Waals surface area contributed by atoms with Crippen LogP contribution in [0.4, 0.5) is 0 Å². The van der Waals surface area contributed by atoms with E-state index >= 15 is 0 Å². The fourth-order valence-corrected chi connectivity index (χ4v) is 4.97. The van der Waals surface area contributed by atoms with Crippen LogP contribution < -0.4 is 0 Å². The molecule has 1 aliphatic carbocycles. The fraction of sp³-hybridized carbons (Fsp3) is 0. The molecule has 0 spiro atoms. The molecule has 0 heteroatoms. The van der Waals surface area contributed by atoms with Gasteiger partial charge in [-0.15, -0.1) is 0 Å². The van der Waals surface area contributed by atoms with Gasteiger partial charge in [-0.05, 0) is 83.5 Å². The Morgan fingerprint density at radius 3 is 1.69 bits per heavy atom. The minimum atomic E-state index is 1.31. The lowest BCUT2D eigenvalue weighted by molar-refractivity contribution is 1.73. The number of hydrogen-bond donors (Lipinski definition) is 0. The van der Waals surface area contributed by atoms with Crippen molar-refractivity contribution in [2.75, 3.05) is 0 Å². The second-order valence-electron chi connectivity index (χ2n) is 7.40. The first kappa shape index (κ1) is 12.9. The van der Waals surface area contributed by atoms with Crippen LogP contribution in [0.3, 0.4) is 0 Å². The Labute approximate surface area is 150 Å². The van der Waals surface area contributed by atoms with Gasteiger partial charge in [0.25, 0.3) is 0 Å². The van der Waals surface area contributed by atoms with Gasteiger partial charge in [-0.3, -0.25) is 0 Å². The van der Waals surface area contributed by atoms with Gasteiger partial charge >= 0.3 is 0 Å². The summed E-state index contributed by atoms with van der Waals surface area (Å²) < 4.78 is 0. The van der Waals surface area contributed by atoms with Crippen LogP contribution in [-0.4, -0.2) is 0 Å². The molecule has 7 rings (SSSR count). The summed E-state index contributed by atoms with van der Waals surface area (Å²) in [6.45, 7) is 0. The number of hydrogen-bond acceptors (Lipinski definition) is 0. The molecule has 0 fully saturated rings. The van der Waals surface area contributed by atoms with E-state index in [0.717, 1.165) is 0 Å². The molecule has 118 valence electrons. The summed E-state index contributed by atoms with van der Waals surface area (Å²) in [5.41, 5.74) is 5.51. The van der Waals surface area contributed by atoms with Crippen molar-refractivity contribution in [3.05, 3.63) is 84.9 Å². The molecule has 0 bridgehead atoms. The van der Waals surface area contributed by atoms with Crippen LogP contribution >= 0.6 is 0 Å². The van der Waals surface area contributed by atoms with Crippen molar-refractivity contribution >= 4 is 43.1 Å². The third-order valence-corrected chi connectivity index (χ3v) is 6.09. The molecule has 0 aromatic heterocycles. The highest BCUT2D eigenvalue weighted by atomic mass is 14.3. The minimum absolute atomic E-state index is 1.31. The predicted octanol–water partition coefficient (Wildman–Crippen LogP) is 7.38. The van der Waals surface area contributed by atoms with Gasteiger partial charge in [-0.25, -0.2) is 0 Å². The van der Waals surface area contributed by atoms with E-state index in [2.05, 4.69) is 84.9 Å². The molecule has 0 radical (unpaired) electrons. The summed E-state index contributed by atoms with van der Waals surface area (Å²) >= 11 is 0. The van der Waals surface area contributed by atoms with E-state index in [1.165, 1.54) is 65.3 Å². The van der Waals surface area contributed by atoms with E-state index < -0.39 is 0 Å². The fourth-order valence-electron chi connectivity index (χ4n) is 4.97. The monoisotopic (exact) mass is 326 g/mol. The number of benzene rings is 6. The SMILES string of the molecule is c1ccc2cc3c(cc2c1)-c1ccc2ccc4cccc5cc-3c1c2c45. The van der Waals surface area contributed by atoms with E-state index in [1.54, 1.807) is 0 Å². The molecule has 0 saturated heterocycles. The summed E-state index contributed by atoms with van der Waals surface area (Å²) in [5.74, 6) is 0. The summed E-state index contributed by atoms with van der Waals surface area (Å²) in [4.78, 5) is 0. The van der Waals surface area contributed by atoms with Crippen LogP contribution in [0.25, 0.3) is 65.3 Å². The molecule has 0 nitrogen and oxygen atoms in total. The normalized spacial score (nSPS) is 12.6. The first-order chi connectivity index (χ1) is 12.9. The molecule has 6 aromatic rings. The maximum Gasteiger partial charge on any atom is -0.00137 e. The van der Waals surface area contributed by atoms with E-state index in [1.807, 2.05) is 0 Å². The molecule has 0 N–H and O–H groups in total. The zero-order chi connectivity index (χ0) is 16.8. The summed E-state index contributed by atoms with van der Waals surface area (Å²) in [6.07, 6.45) is 0. The lowest BCUT2D eigenvalue weighted by Crippen LogP contribution is -1.85. The maximum atomic E-state index is 2.40. The van der Waals surface area contributed by atoms with Crippen LogP contribution in [0, 0.1) is 0 Å². The lowest BCUT2D eigenvalue weighted by Gasteiger charge is -2.12. The van der Waals surface area contributed by atoms with Crippen molar-refractivity contribution in [2.45, 2.75) is 0 Å². The van der Waals surface area contributed by atoms with Gasteiger partial charge in [0.2, 0.25) is 0 Å². The molecule has 6 aromatic carbocycles. The first-order valence-electron chi connectivity index (χ1n) is 9.12. The van der Waals surface area contributed by atoms with E-state index in [9.17, 15) is 0 Å². The van der Waals surface area contributed by atoms with Crippen LogP contribution in [0.5, 0.6) is 0 Å². The van der Waals surface area contributed by atoms with Gasteiger partial charge in [0.05, 0.1) is 0 Å². The molecular formula is C26H14. The van der Waals surface area contributed by atoms with Crippen molar-refractivity contribution in [2.24, 2.45) is 0 Å². The molecule has 0 aliphatic heterocycles. The summed E-state index contributed by atoms with van der Waals surface area (Å²) in [7, 11) is 0. The third-order valence-electron chi connectivity index (χ3n) is 6.09. The van der Waals surface area contributed by atoms with Gasteiger partial charge in [-0.1, -0.05) is 66.7 Å². The zero-order valence-electron chi connectivity index (χ0n) is 14.1. The smallest absolute Gasteiger partial charge is 0.00137 e. The Bertz CT molecular complexity index is 1520.